The lowest BCUT2D eigenvalue weighted by Gasteiger charge is -2.15. The van der Waals surface area contributed by atoms with Crippen LogP contribution in [0.3, 0.4) is 0 Å². The van der Waals surface area contributed by atoms with Gasteiger partial charge < -0.3 is 9.47 Å². The maximum absolute atomic E-state index is 12.6. The SMILES string of the molecule is COc1cc(C(=O)C2CCCCCC2)cc(Cl)c1OC. The second-order valence-corrected chi connectivity index (χ2v) is 5.65. The molecule has 1 aromatic rings. The Labute approximate surface area is 125 Å². The highest BCUT2D eigenvalue weighted by atomic mass is 35.5. The summed E-state index contributed by atoms with van der Waals surface area (Å²) in [7, 11) is 3.09. The topological polar surface area (TPSA) is 35.5 Å². The highest BCUT2D eigenvalue weighted by Crippen LogP contribution is 2.37. The van der Waals surface area contributed by atoms with Crippen molar-refractivity contribution in [3.8, 4) is 11.5 Å². The molecule has 0 saturated heterocycles. The van der Waals surface area contributed by atoms with Crippen LogP contribution in [0.2, 0.25) is 5.02 Å². The van der Waals surface area contributed by atoms with Crippen molar-refractivity contribution in [3.63, 3.8) is 0 Å². The van der Waals surface area contributed by atoms with Gasteiger partial charge in [0.1, 0.15) is 0 Å². The van der Waals surface area contributed by atoms with E-state index in [0.29, 0.717) is 22.1 Å². The van der Waals surface area contributed by atoms with Crippen molar-refractivity contribution in [2.24, 2.45) is 5.92 Å². The average molecular weight is 297 g/mol. The Balaban J connectivity index is 2.27. The van der Waals surface area contributed by atoms with Crippen LogP contribution in [0, 0.1) is 5.92 Å². The molecule has 0 atom stereocenters. The third-order valence-electron chi connectivity index (χ3n) is 3.94. The van der Waals surface area contributed by atoms with Crippen molar-refractivity contribution in [3.05, 3.63) is 22.7 Å². The van der Waals surface area contributed by atoms with E-state index < -0.39 is 0 Å². The third kappa shape index (κ3) is 3.26. The van der Waals surface area contributed by atoms with E-state index in [9.17, 15) is 4.79 Å². The Morgan fingerprint density at radius 2 is 1.75 bits per heavy atom. The molecule has 0 aromatic heterocycles. The predicted molar refractivity (Wildman–Crippen MR) is 80.1 cm³/mol. The van der Waals surface area contributed by atoms with Gasteiger partial charge in [0, 0.05) is 11.5 Å². The Morgan fingerprint density at radius 3 is 2.30 bits per heavy atom. The summed E-state index contributed by atoms with van der Waals surface area (Å²) in [6, 6.07) is 3.42. The maximum atomic E-state index is 12.6. The van der Waals surface area contributed by atoms with Gasteiger partial charge in [-0.3, -0.25) is 4.79 Å². The van der Waals surface area contributed by atoms with Crippen LogP contribution >= 0.6 is 11.6 Å². The van der Waals surface area contributed by atoms with Crippen molar-refractivity contribution in [2.45, 2.75) is 38.5 Å². The Bertz CT molecular complexity index is 477. The van der Waals surface area contributed by atoms with Crippen molar-refractivity contribution in [2.75, 3.05) is 14.2 Å². The van der Waals surface area contributed by atoms with E-state index in [1.54, 1.807) is 19.2 Å². The van der Waals surface area contributed by atoms with Gasteiger partial charge in [0.05, 0.1) is 19.2 Å². The minimum absolute atomic E-state index is 0.117. The molecule has 0 spiro atoms. The second kappa shape index (κ2) is 6.98. The molecular formula is C16H21ClO3. The molecule has 110 valence electrons. The molecule has 20 heavy (non-hydrogen) atoms. The fourth-order valence-electron chi connectivity index (χ4n) is 2.84. The Kier molecular flexibility index (Phi) is 5.30. The predicted octanol–water partition coefficient (Wildman–Crippen LogP) is 4.51. The quantitative estimate of drug-likeness (QED) is 0.606. The number of carbonyl (C=O) groups is 1. The van der Waals surface area contributed by atoms with Gasteiger partial charge >= 0.3 is 0 Å². The fourth-order valence-corrected chi connectivity index (χ4v) is 3.13. The first-order valence-corrected chi connectivity index (χ1v) is 7.51. The third-order valence-corrected chi connectivity index (χ3v) is 4.22. The lowest BCUT2D eigenvalue weighted by atomic mass is 9.91. The number of hydrogen-bond acceptors (Lipinski definition) is 3. The highest BCUT2D eigenvalue weighted by molar-refractivity contribution is 6.32. The molecule has 0 bridgehead atoms. The van der Waals surface area contributed by atoms with Crippen LogP contribution in [-0.4, -0.2) is 20.0 Å². The minimum Gasteiger partial charge on any atom is -0.493 e. The number of ketones is 1. The van der Waals surface area contributed by atoms with Crippen molar-refractivity contribution < 1.29 is 14.3 Å². The average Bonchev–Trinajstić information content (AvgIpc) is 2.74. The molecule has 1 fully saturated rings. The first-order valence-electron chi connectivity index (χ1n) is 7.13. The first-order chi connectivity index (χ1) is 9.67. The number of hydrogen-bond donors (Lipinski definition) is 0. The molecular weight excluding hydrogens is 276 g/mol. The molecule has 0 amide bonds. The lowest BCUT2D eigenvalue weighted by Crippen LogP contribution is -2.14. The molecule has 1 saturated carbocycles. The molecule has 3 nitrogen and oxygen atoms in total. The summed E-state index contributed by atoms with van der Waals surface area (Å²) in [4.78, 5) is 12.6. The van der Waals surface area contributed by atoms with E-state index in [1.165, 1.54) is 20.0 Å². The van der Waals surface area contributed by atoms with E-state index >= 15 is 0 Å². The van der Waals surface area contributed by atoms with Crippen LogP contribution in [0.15, 0.2) is 12.1 Å². The molecule has 2 rings (SSSR count). The zero-order valence-electron chi connectivity index (χ0n) is 12.1. The number of halogens is 1. The maximum Gasteiger partial charge on any atom is 0.179 e. The van der Waals surface area contributed by atoms with Crippen LogP contribution < -0.4 is 9.47 Å². The molecule has 0 heterocycles. The van der Waals surface area contributed by atoms with Gasteiger partial charge in [-0.05, 0) is 25.0 Å². The summed E-state index contributed by atoms with van der Waals surface area (Å²) in [6.45, 7) is 0. The van der Waals surface area contributed by atoms with E-state index in [0.717, 1.165) is 25.7 Å². The smallest absolute Gasteiger partial charge is 0.179 e. The molecule has 1 aliphatic rings. The first kappa shape index (κ1) is 15.2. The summed E-state index contributed by atoms with van der Waals surface area (Å²) in [5.74, 6) is 1.28. The number of benzene rings is 1. The van der Waals surface area contributed by atoms with Crippen molar-refractivity contribution >= 4 is 17.4 Å². The molecule has 0 unspecified atom stereocenters. The van der Waals surface area contributed by atoms with Gasteiger partial charge in [0.2, 0.25) is 0 Å². The van der Waals surface area contributed by atoms with E-state index in [2.05, 4.69) is 0 Å². The normalized spacial score (nSPS) is 16.6. The number of rotatable bonds is 4. The summed E-state index contributed by atoms with van der Waals surface area (Å²) in [6.07, 6.45) is 6.69. The summed E-state index contributed by atoms with van der Waals surface area (Å²) < 4.78 is 10.5. The molecule has 0 aliphatic heterocycles. The van der Waals surface area contributed by atoms with Crippen LogP contribution in [-0.2, 0) is 0 Å². The van der Waals surface area contributed by atoms with Crippen molar-refractivity contribution in [1.29, 1.82) is 0 Å². The number of methoxy groups -OCH3 is 2. The summed E-state index contributed by atoms with van der Waals surface area (Å²) in [5.41, 5.74) is 0.625. The number of carbonyl (C=O) groups excluding carboxylic acids is 1. The van der Waals surface area contributed by atoms with E-state index in [-0.39, 0.29) is 11.7 Å². The summed E-state index contributed by atoms with van der Waals surface area (Å²) in [5, 5.41) is 0.420. The van der Waals surface area contributed by atoms with Gasteiger partial charge in [0.15, 0.2) is 17.3 Å². The minimum atomic E-state index is 0.117. The zero-order chi connectivity index (χ0) is 14.5. The van der Waals surface area contributed by atoms with Crippen molar-refractivity contribution in [1.82, 2.24) is 0 Å². The van der Waals surface area contributed by atoms with Gasteiger partial charge in [-0.2, -0.15) is 0 Å². The van der Waals surface area contributed by atoms with Crippen LogP contribution in [0.5, 0.6) is 11.5 Å². The molecule has 1 aliphatic carbocycles. The van der Waals surface area contributed by atoms with Crippen LogP contribution in [0.4, 0.5) is 0 Å². The standard InChI is InChI=1S/C16H21ClO3/c1-19-14-10-12(9-13(17)16(14)20-2)15(18)11-7-5-3-4-6-8-11/h9-11H,3-8H2,1-2H3. The van der Waals surface area contributed by atoms with Crippen LogP contribution in [0.1, 0.15) is 48.9 Å². The van der Waals surface area contributed by atoms with Crippen LogP contribution in [0.25, 0.3) is 0 Å². The van der Waals surface area contributed by atoms with E-state index in [4.69, 9.17) is 21.1 Å². The van der Waals surface area contributed by atoms with Gasteiger partial charge in [-0.15, -0.1) is 0 Å². The molecule has 0 radical (unpaired) electrons. The number of Topliss-reactive ketones (excluding diaryl/α,β-unsaturated/α-hetero) is 1. The second-order valence-electron chi connectivity index (χ2n) is 5.25. The van der Waals surface area contributed by atoms with Gasteiger partial charge in [-0.25, -0.2) is 0 Å². The zero-order valence-corrected chi connectivity index (χ0v) is 12.8. The Morgan fingerprint density at radius 1 is 1.10 bits per heavy atom. The number of ether oxygens (including phenoxy) is 2. The monoisotopic (exact) mass is 296 g/mol. The Hall–Kier alpha value is -1.22. The van der Waals surface area contributed by atoms with Gasteiger partial charge in [0.25, 0.3) is 0 Å². The highest BCUT2D eigenvalue weighted by Gasteiger charge is 2.23. The lowest BCUT2D eigenvalue weighted by molar-refractivity contribution is 0.0907. The fraction of sp³-hybridized carbons (Fsp3) is 0.562. The van der Waals surface area contributed by atoms with E-state index in [1.807, 2.05) is 0 Å². The molecule has 4 heteroatoms. The molecule has 1 aromatic carbocycles. The van der Waals surface area contributed by atoms with Gasteiger partial charge in [-0.1, -0.05) is 37.3 Å². The molecule has 0 N–H and O–H groups in total. The largest absolute Gasteiger partial charge is 0.493 e. The summed E-state index contributed by atoms with van der Waals surface area (Å²) >= 11 is 6.17.